The smallest absolute Gasteiger partial charge is 0.127 e. The summed E-state index contributed by atoms with van der Waals surface area (Å²) >= 11 is 5.66. The molecule has 1 aromatic rings. The number of nitrogens with two attached hydrogens (primary N) is 1. The van der Waals surface area contributed by atoms with Gasteiger partial charge in [-0.1, -0.05) is 17.7 Å². The normalized spacial score (nSPS) is 19.1. The van der Waals surface area contributed by atoms with Crippen LogP contribution in [0.5, 0.6) is 0 Å². The van der Waals surface area contributed by atoms with Crippen LogP contribution in [0.15, 0.2) is 18.2 Å². The number of benzene rings is 1. The lowest BCUT2D eigenvalue weighted by Gasteiger charge is -2.38. The molecule has 1 fully saturated rings. The fourth-order valence-electron chi connectivity index (χ4n) is 1.85. The van der Waals surface area contributed by atoms with Gasteiger partial charge in [-0.3, -0.25) is 0 Å². The van der Waals surface area contributed by atoms with E-state index in [1.165, 1.54) is 6.07 Å². The molecule has 2 rings (SSSR count). The predicted molar refractivity (Wildman–Crippen MR) is 55.9 cm³/mol. The van der Waals surface area contributed by atoms with Crippen molar-refractivity contribution in [3.63, 3.8) is 0 Å². The lowest BCUT2D eigenvalue weighted by molar-refractivity contribution is 0.245. The van der Waals surface area contributed by atoms with Gasteiger partial charge in [0.1, 0.15) is 5.82 Å². The van der Waals surface area contributed by atoms with Gasteiger partial charge >= 0.3 is 0 Å². The van der Waals surface area contributed by atoms with Crippen LogP contribution in [0.4, 0.5) is 4.39 Å². The molecular weight excluding hydrogens is 201 g/mol. The van der Waals surface area contributed by atoms with Gasteiger partial charge in [-0.2, -0.15) is 0 Å². The van der Waals surface area contributed by atoms with Crippen molar-refractivity contribution in [1.29, 1.82) is 0 Å². The first-order valence-electron chi connectivity index (χ1n) is 4.82. The minimum Gasteiger partial charge on any atom is -0.325 e. The van der Waals surface area contributed by atoms with Crippen molar-refractivity contribution in [2.24, 2.45) is 5.73 Å². The van der Waals surface area contributed by atoms with Crippen molar-refractivity contribution in [3.05, 3.63) is 34.6 Å². The van der Waals surface area contributed by atoms with Crippen molar-refractivity contribution in [1.82, 2.24) is 0 Å². The van der Waals surface area contributed by atoms with Gasteiger partial charge < -0.3 is 5.73 Å². The number of hydrogen-bond acceptors (Lipinski definition) is 1. The van der Waals surface area contributed by atoms with E-state index in [1.54, 1.807) is 12.1 Å². The van der Waals surface area contributed by atoms with Gasteiger partial charge in [0.15, 0.2) is 0 Å². The fourth-order valence-corrected chi connectivity index (χ4v) is 2.01. The SMILES string of the molecule is NC1(Cc2ccc(Cl)cc2F)CCC1. The first-order valence-corrected chi connectivity index (χ1v) is 5.20. The molecule has 0 saturated heterocycles. The molecule has 1 aromatic carbocycles. The molecule has 3 heteroatoms. The van der Waals surface area contributed by atoms with E-state index in [0.717, 1.165) is 19.3 Å². The van der Waals surface area contributed by atoms with Gasteiger partial charge in [-0.05, 0) is 43.4 Å². The quantitative estimate of drug-likeness (QED) is 0.803. The van der Waals surface area contributed by atoms with E-state index < -0.39 is 0 Å². The van der Waals surface area contributed by atoms with E-state index in [0.29, 0.717) is 17.0 Å². The van der Waals surface area contributed by atoms with Crippen molar-refractivity contribution >= 4 is 11.6 Å². The van der Waals surface area contributed by atoms with E-state index in [9.17, 15) is 4.39 Å². The average molecular weight is 214 g/mol. The molecule has 0 amide bonds. The summed E-state index contributed by atoms with van der Waals surface area (Å²) in [6.07, 6.45) is 3.77. The van der Waals surface area contributed by atoms with Crippen molar-refractivity contribution in [2.75, 3.05) is 0 Å². The second-order valence-corrected chi connectivity index (χ2v) is 4.56. The van der Waals surface area contributed by atoms with Crippen LogP contribution < -0.4 is 5.73 Å². The van der Waals surface area contributed by atoms with Crippen LogP contribution in [0.1, 0.15) is 24.8 Å². The summed E-state index contributed by atoms with van der Waals surface area (Å²) in [5, 5.41) is 0.436. The largest absolute Gasteiger partial charge is 0.325 e. The molecule has 1 saturated carbocycles. The highest BCUT2D eigenvalue weighted by Gasteiger charge is 2.33. The van der Waals surface area contributed by atoms with Gasteiger partial charge in [0.05, 0.1) is 0 Å². The second kappa shape index (κ2) is 3.52. The molecule has 2 N–H and O–H groups in total. The Kier molecular flexibility index (Phi) is 2.50. The first-order chi connectivity index (χ1) is 6.59. The van der Waals surface area contributed by atoms with E-state index >= 15 is 0 Å². The molecule has 1 aliphatic carbocycles. The fraction of sp³-hybridized carbons (Fsp3) is 0.455. The van der Waals surface area contributed by atoms with Crippen LogP contribution in [0.25, 0.3) is 0 Å². The van der Waals surface area contributed by atoms with Gasteiger partial charge in [0, 0.05) is 10.6 Å². The number of halogens is 2. The minimum absolute atomic E-state index is 0.172. The Bertz CT molecular complexity index is 347. The Morgan fingerprint density at radius 1 is 1.43 bits per heavy atom. The zero-order valence-corrected chi connectivity index (χ0v) is 8.65. The Balaban J connectivity index is 2.16. The summed E-state index contributed by atoms with van der Waals surface area (Å²) in [6.45, 7) is 0. The Morgan fingerprint density at radius 2 is 2.14 bits per heavy atom. The number of rotatable bonds is 2. The van der Waals surface area contributed by atoms with Crippen LogP contribution in [-0.2, 0) is 6.42 Å². The van der Waals surface area contributed by atoms with Crippen LogP contribution in [0, 0.1) is 5.82 Å². The predicted octanol–water partition coefficient (Wildman–Crippen LogP) is 2.90. The van der Waals surface area contributed by atoms with E-state index in [2.05, 4.69) is 0 Å². The summed E-state index contributed by atoms with van der Waals surface area (Å²) in [4.78, 5) is 0. The molecular formula is C11H13ClFN. The lowest BCUT2D eigenvalue weighted by atomic mass is 9.74. The minimum atomic E-state index is -0.241. The third kappa shape index (κ3) is 1.91. The summed E-state index contributed by atoms with van der Waals surface area (Å²) < 4.78 is 13.4. The Morgan fingerprint density at radius 3 is 2.64 bits per heavy atom. The molecule has 0 aromatic heterocycles. The van der Waals surface area contributed by atoms with Crippen molar-refractivity contribution in [3.8, 4) is 0 Å². The molecule has 0 heterocycles. The zero-order valence-electron chi connectivity index (χ0n) is 7.89. The van der Waals surface area contributed by atoms with Crippen LogP contribution in [0.3, 0.4) is 0 Å². The summed E-state index contributed by atoms with van der Waals surface area (Å²) in [6, 6.07) is 4.78. The molecule has 14 heavy (non-hydrogen) atoms. The Labute approximate surface area is 88.1 Å². The van der Waals surface area contributed by atoms with E-state index in [4.69, 9.17) is 17.3 Å². The maximum Gasteiger partial charge on any atom is 0.127 e. The van der Waals surface area contributed by atoms with E-state index in [-0.39, 0.29) is 11.4 Å². The second-order valence-electron chi connectivity index (χ2n) is 4.13. The monoisotopic (exact) mass is 213 g/mol. The van der Waals surface area contributed by atoms with Crippen molar-refractivity contribution < 1.29 is 4.39 Å². The highest BCUT2D eigenvalue weighted by atomic mass is 35.5. The molecule has 1 aliphatic rings. The van der Waals surface area contributed by atoms with E-state index in [1.807, 2.05) is 0 Å². The van der Waals surface area contributed by atoms with Crippen LogP contribution in [0.2, 0.25) is 5.02 Å². The number of hydrogen-bond donors (Lipinski definition) is 1. The topological polar surface area (TPSA) is 26.0 Å². The zero-order chi connectivity index (χ0) is 10.2. The summed E-state index contributed by atoms with van der Waals surface area (Å²) in [7, 11) is 0. The molecule has 0 spiro atoms. The lowest BCUT2D eigenvalue weighted by Crippen LogP contribution is -2.48. The third-order valence-electron chi connectivity index (χ3n) is 2.91. The average Bonchev–Trinajstić information content (AvgIpc) is 2.07. The molecule has 0 radical (unpaired) electrons. The molecule has 0 aliphatic heterocycles. The van der Waals surface area contributed by atoms with Gasteiger partial charge in [0.2, 0.25) is 0 Å². The molecule has 0 unspecified atom stereocenters. The van der Waals surface area contributed by atoms with Crippen LogP contribution >= 0.6 is 11.6 Å². The van der Waals surface area contributed by atoms with Crippen LogP contribution in [-0.4, -0.2) is 5.54 Å². The molecule has 76 valence electrons. The molecule has 1 nitrogen and oxygen atoms in total. The van der Waals surface area contributed by atoms with Crippen molar-refractivity contribution in [2.45, 2.75) is 31.2 Å². The maximum absolute atomic E-state index is 13.4. The summed E-state index contributed by atoms with van der Waals surface area (Å²) in [5.74, 6) is -0.241. The molecule has 0 atom stereocenters. The highest BCUT2D eigenvalue weighted by molar-refractivity contribution is 6.30. The first kappa shape index (κ1) is 9.94. The summed E-state index contributed by atoms with van der Waals surface area (Å²) in [5.41, 5.74) is 6.55. The maximum atomic E-state index is 13.4. The standard InChI is InChI=1S/C11H13ClFN/c12-9-3-2-8(10(13)6-9)7-11(14)4-1-5-11/h2-3,6H,1,4-5,7,14H2. The Hall–Kier alpha value is -0.600. The highest BCUT2D eigenvalue weighted by Crippen LogP contribution is 2.33. The molecule has 0 bridgehead atoms. The van der Waals surface area contributed by atoms with Gasteiger partial charge in [-0.25, -0.2) is 4.39 Å². The van der Waals surface area contributed by atoms with Gasteiger partial charge in [0.25, 0.3) is 0 Å². The van der Waals surface area contributed by atoms with Gasteiger partial charge in [-0.15, -0.1) is 0 Å². The third-order valence-corrected chi connectivity index (χ3v) is 3.14.